The molecule has 0 bridgehead atoms. The third kappa shape index (κ3) is 2.51. The van der Waals surface area contributed by atoms with E-state index < -0.39 is 6.10 Å². The number of hydrogen-bond donors (Lipinski definition) is 1. The minimum Gasteiger partial charge on any atom is -0.384 e. The summed E-state index contributed by atoms with van der Waals surface area (Å²) in [6.45, 7) is 0. The van der Waals surface area contributed by atoms with Crippen molar-refractivity contribution < 1.29 is 5.11 Å². The third-order valence-electron chi connectivity index (χ3n) is 2.08. The number of nitrogens with zero attached hydrogens (tertiary/aromatic N) is 2. The van der Waals surface area contributed by atoms with Gasteiger partial charge in [-0.15, -0.1) is 0 Å². The Hall–Kier alpha value is -1.01. The largest absolute Gasteiger partial charge is 0.384 e. The number of aliphatic hydroxyl groups is 1. The second kappa shape index (κ2) is 4.67. The maximum absolute atomic E-state index is 10.0. The SMILES string of the molecule is OC(c1ccc(I)cc1)c1cncnc1. The lowest BCUT2D eigenvalue weighted by Gasteiger charge is -2.09. The van der Waals surface area contributed by atoms with E-state index in [2.05, 4.69) is 32.6 Å². The van der Waals surface area contributed by atoms with E-state index in [1.165, 1.54) is 6.33 Å². The Morgan fingerprint density at radius 2 is 1.60 bits per heavy atom. The molecule has 1 atom stereocenters. The topological polar surface area (TPSA) is 46.0 Å². The van der Waals surface area contributed by atoms with Crippen LogP contribution in [0.5, 0.6) is 0 Å². The molecule has 0 aliphatic rings. The van der Waals surface area contributed by atoms with Crippen molar-refractivity contribution in [3.8, 4) is 0 Å². The molecule has 0 radical (unpaired) electrons. The van der Waals surface area contributed by atoms with E-state index in [-0.39, 0.29) is 0 Å². The van der Waals surface area contributed by atoms with Crippen molar-refractivity contribution in [3.63, 3.8) is 0 Å². The monoisotopic (exact) mass is 312 g/mol. The summed E-state index contributed by atoms with van der Waals surface area (Å²) in [7, 11) is 0. The molecule has 2 aromatic rings. The van der Waals surface area contributed by atoms with Crippen molar-refractivity contribution in [1.29, 1.82) is 0 Å². The fourth-order valence-electron chi connectivity index (χ4n) is 1.29. The van der Waals surface area contributed by atoms with Gasteiger partial charge in [-0.3, -0.25) is 0 Å². The van der Waals surface area contributed by atoms with Crippen LogP contribution < -0.4 is 0 Å². The zero-order chi connectivity index (χ0) is 10.7. The molecular weight excluding hydrogens is 303 g/mol. The molecule has 0 saturated carbocycles. The van der Waals surface area contributed by atoms with E-state index >= 15 is 0 Å². The summed E-state index contributed by atoms with van der Waals surface area (Å²) >= 11 is 2.23. The molecule has 0 spiro atoms. The Morgan fingerprint density at radius 3 is 2.20 bits per heavy atom. The van der Waals surface area contributed by atoms with Crippen LogP contribution in [-0.4, -0.2) is 15.1 Å². The molecule has 0 aliphatic heterocycles. The van der Waals surface area contributed by atoms with Crippen LogP contribution in [0, 0.1) is 3.57 Å². The smallest absolute Gasteiger partial charge is 0.115 e. The van der Waals surface area contributed by atoms with Crippen LogP contribution in [0.1, 0.15) is 17.2 Å². The Kier molecular flexibility index (Phi) is 3.27. The van der Waals surface area contributed by atoms with Gasteiger partial charge < -0.3 is 5.11 Å². The van der Waals surface area contributed by atoms with Crippen LogP contribution in [0.4, 0.5) is 0 Å². The number of aromatic nitrogens is 2. The van der Waals surface area contributed by atoms with Gasteiger partial charge in [0.05, 0.1) is 0 Å². The molecule has 0 aliphatic carbocycles. The van der Waals surface area contributed by atoms with Crippen molar-refractivity contribution in [2.45, 2.75) is 6.10 Å². The predicted molar refractivity (Wildman–Crippen MR) is 65.3 cm³/mol. The molecule has 1 heterocycles. The quantitative estimate of drug-likeness (QED) is 0.865. The van der Waals surface area contributed by atoms with Crippen LogP contribution in [0.3, 0.4) is 0 Å². The number of benzene rings is 1. The summed E-state index contributed by atoms with van der Waals surface area (Å²) in [6.07, 6.45) is 4.04. The van der Waals surface area contributed by atoms with Gasteiger partial charge in [0.1, 0.15) is 12.4 Å². The van der Waals surface area contributed by atoms with Gasteiger partial charge in [0.15, 0.2) is 0 Å². The van der Waals surface area contributed by atoms with Crippen LogP contribution in [0.2, 0.25) is 0 Å². The van der Waals surface area contributed by atoms with Gasteiger partial charge in [0, 0.05) is 21.5 Å². The summed E-state index contributed by atoms with van der Waals surface area (Å²) in [5.41, 5.74) is 1.56. The summed E-state index contributed by atoms with van der Waals surface area (Å²) < 4.78 is 1.15. The summed E-state index contributed by atoms with van der Waals surface area (Å²) in [6, 6.07) is 7.73. The van der Waals surface area contributed by atoms with Crippen LogP contribution in [0.15, 0.2) is 43.0 Å². The first kappa shape index (κ1) is 10.5. The van der Waals surface area contributed by atoms with E-state index in [0.29, 0.717) is 5.56 Å². The highest BCUT2D eigenvalue weighted by Crippen LogP contribution is 2.20. The van der Waals surface area contributed by atoms with Gasteiger partial charge >= 0.3 is 0 Å². The van der Waals surface area contributed by atoms with E-state index in [1.54, 1.807) is 12.4 Å². The fraction of sp³-hybridized carbons (Fsp3) is 0.0909. The van der Waals surface area contributed by atoms with Crippen molar-refractivity contribution in [3.05, 3.63) is 57.7 Å². The number of hydrogen-bond acceptors (Lipinski definition) is 3. The zero-order valence-corrected chi connectivity index (χ0v) is 10.00. The maximum Gasteiger partial charge on any atom is 0.115 e. The van der Waals surface area contributed by atoms with Gasteiger partial charge in [-0.1, -0.05) is 12.1 Å². The van der Waals surface area contributed by atoms with Crippen LogP contribution in [-0.2, 0) is 0 Å². The molecule has 1 unspecified atom stereocenters. The molecule has 0 amide bonds. The zero-order valence-electron chi connectivity index (χ0n) is 7.84. The molecular formula is C11H9IN2O. The lowest BCUT2D eigenvalue weighted by Crippen LogP contribution is -2.00. The van der Waals surface area contributed by atoms with E-state index in [4.69, 9.17) is 0 Å². The Balaban J connectivity index is 2.29. The molecule has 1 aromatic carbocycles. The van der Waals surface area contributed by atoms with E-state index in [9.17, 15) is 5.11 Å². The fourth-order valence-corrected chi connectivity index (χ4v) is 1.65. The normalized spacial score (nSPS) is 12.4. The highest BCUT2D eigenvalue weighted by atomic mass is 127. The molecule has 76 valence electrons. The summed E-state index contributed by atoms with van der Waals surface area (Å²) in [5.74, 6) is 0. The van der Waals surface area contributed by atoms with Gasteiger partial charge in [-0.25, -0.2) is 9.97 Å². The molecule has 0 saturated heterocycles. The minimum atomic E-state index is -0.650. The lowest BCUT2D eigenvalue weighted by molar-refractivity contribution is 0.219. The standard InChI is InChI=1S/C11H9IN2O/c12-10-3-1-8(2-4-10)11(15)9-5-13-7-14-6-9/h1-7,11,15H. The third-order valence-corrected chi connectivity index (χ3v) is 2.80. The van der Waals surface area contributed by atoms with Crippen LogP contribution >= 0.6 is 22.6 Å². The number of aliphatic hydroxyl groups excluding tert-OH is 1. The molecule has 2 rings (SSSR count). The highest BCUT2D eigenvalue weighted by Gasteiger charge is 2.09. The molecule has 3 nitrogen and oxygen atoms in total. The van der Waals surface area contributed by atoms with E-state index in [1.807, 2.05) is 24.3 Å². The Bertz CT molecular complexity index is 430. The maximum atomic E-state index is 10.0. The first-order chi connectivity index (χ1) is 7.27. The molecule has 0 fully saturated rings. The van der Waals surface area contributed by atoms with Gasteiger partial charge in [0.2, 0.25) is 0 Å². The highest BCUT2D eigenvalue weighted by molar-refractivity contribution is 14.1. The Labute approximate surface area is 101 Å². The average Bonchev–Trinajstić information content (AvgIpc) is 2.30. The first-order valence-electron chi connectivity index (χ1n) is 4.46. The molecule has 1 N–H and O–H groups in total. The number of rotatable bonds is 2. The molecule has 4 heteroatoms. The van der Waals surface area contributed by atoms with Crippen molar-refractivity contribution in [2.24, 2.45) is 0 Å². The predicted octanol–water partition coefficient (Wildman–Crippen LogP) is 2.16. The van der Waals surface area contributed by atoms with Crippen LogP contribution in [0.25, 0.3) is 0 Å². The second-order valence-corrected chi connectivity index (χ2v) is 4.37. The van der Waals surface area contributed by atoms with Crippen molar-refractivity contribution in [2.75, 3.05) is 0 Å². The van der Waals surface area contributed by atoms with Gasteiger partial charge in [-0.05, 0) is 40.3 Å². The second-order valence-electron chi connectivity index (χ2n) is 3.13. The van der Waals surface area contributed by atoms with E-state index in [0.717, 1.165) is 9.13 Å². The molecule has 1 aromatic heterocycles. The van der Waals surface area contributed by atoms with Gasteiger partial charge in [0.25, 0.3) is 0 Å². The van der Waals surface area contributed by atoms with Crippen molar-refractivity contribution >= 4 is 22.6 Å². The summed E-state index contributed by atoms with van der Waals surface area (Å²) in [5, 5.41) is 10.0. The minimum absolute atomic E-state index is 0.650. The first-order valence-corrected chi connectivity index (χ1v) is 5.53. The summed E-state index contributed by atoms with van der Waals surface area (Å²) in [4.78, 5) is 7.75. The average molecular weight is 312 g/mol. The lowest BCUT2D eigenvalue weighted by atomic mass is 10.0. The number of halogens is 1. The Morgan fingerprint density at radius 1 is 1.00 bits per heavy atom. The molecule has 15 heavy (non-hydrogen) atoms. The van der Waals surface area contributed by atoms with Crippen molar-refractivity contribution in [1.82, 2.24) is 9.97 Å². The van der Waals surface area contributed by atoms with Gasteiger partial charge in [-0.2, -0.15) is 0 Å².